The van der Waals surface area contributed by atoms with Crippen LogP contribution in [0.2, 0.25) is 0 Å². The normalized spacial score (nSPS) is 26.2. The van der Waals surface area contributed by atoms with Gasteiger partial charge < -0.3 is 0 Å². The zero-order valence-electron chi connectivity index (χ0n) is 9.14. The summed E-state index contributed by atoms with van der Waals surface area (Å²) in [7, 11) is 0. The van der Waals surface area contributed by atoms with Crippen molar-refractivity contribution in [2.75, 3.05) is 13.1 Å². The lowest BCUT2D eigenvalue weighted by Gasteiger charge is -2.33. The van der Waals surface area contributed by atoms with Crippen LogP contribution in [0.5, 0.6) is 0 Å². The SMILES string of the molecule is CCC#CC(C)N1CCC[C@H](C)C1. The van der Waals surface area contributed by atoms with Crippen molar-refractivity contribution in [1.29, 1.82) is 0 Å². The lowest BCUT2D eigenvalue weighted by Crippen LogP contribution is -2.39. The highest BCUT2D eigenvalue weighted by atomic mass is 15.2. The monoisotopic (exact) mass is 179 g/mol. The summed E-state index contributed by atoms with van der Waals surface area (Å²) < 4.78 is 0. The van der Waals surface area contributed by atoms with Crippen molar-refractivity contribution in [1.82, 2.24) is 4.90 Å². The summed E-state index contributed by atoms with van der Waals surface area (Å²) in [6.45, 7) is 9.15. The van der Waals surface area contributed by atoms with E-state index in [1.165, 1.54) is 25.9 Å². The zero-order valence-corrected chi connectivity index (χ0v) is 9.14. The predicted molar refractivity (Wildman–Crippen MR) is 57.5 cm³/mol. The molecule has 0 amide bonds. The van der Waals surface area contributed by atoms with E-state index in [1.807, 2.05) is 0 Å². The summed E-state index contributed by atoms with van der Waals surface area (Å²) in [5.74, 6) is 7.33. The van der Waals surface area contributed by atoms with E-state index in [0.29, 0.717) is 6.04 Å². The number of rotatable bonds is 1. The molecular weight excluding hydrogens is 158 g/mol. The van der Waals surface area contributed by atoms with Gasteiger partial charge in [-0.25, -0.2) is 0 Å². The molecule has 74 valence electrons. The highest BCUT2D eigenvalue weighted by molar-refractivity contribution is 5.06. The Morgan fingerprint density at radius 2 is 2.31 bits per heavy atom. The van der Waals surface area contributed by atoms with Gasteiger partial charge in [0.05, 0.1) is 6.04 Å². The fourth-order valence-electron chi connectivity index (χ4n) is 1.92. The summed E-state index contributed by atoms with van der Waals surface area (Å²) in [4.78, 5) is 2.51. The van der Waals surface area contributed by atoms with Gasteiger partial charge in [-0.1, -0.05) is 19.8 Å². The van der Waals surface area contributed by atoms with Crippen molar-refractivity contribution in [3.63, 3.8) is 0 Å². The highest BCUT2D eigenvalue weighted by Crippen LogP contribution is 2.17. The maximum atomic E-state index is 3.30. The van der Waals surface area contributed by atoms with Crippen LogP contribution in [0.15, 0.2) is 0 Å². The number of nitrogens with zero attached hydrogens (tertiary/aromatic N) is 1. The summed E-state index contributed by atoms with van der Waals surface area (Å²) in [5, 5.41) is 0. The average Bonchev–Trinajstić information content (AvgIpc) is 2.14. The summed E-state index contributed by atoms with van der Waals surface area (Å²) in [5.41, 5.74) is 0. The minimum atomic E-state index is 0.461. The number of piperidine rings is 1. The summed E-state index contributed by atoms with van der Waals surface area (Å²) in [6.07, 6.45) is 3.72. The van der Waals surface area contributed by atoms with Crippen LogP contribution in [0.4, 0.5) is 0 Å². The molecule has 13 heavy (non-hydrogen) atoms. The fraction of sp³-hybridized carbons (Fsp3) is 0.833. The molecule has 1 heterocycles. The van der Waals surface area contributed by atoms with Crippen LogP contribution in [-0.4, -0.2) is 24.0 Å². The van der Waals surface area contributed by atoms with Crippen LogP contribution in [-0.2, 0) is 0 Å². The Hall–Kier alpha value is -0.480. The molecule has 0 saturated carbocycles. The molecule has 1 aliphatic heterocycles. The van der Waals surface area contributed by atoms with Crippen LogP contribution in [0.1, 0.15) is 40.0 Å². The van der Waals surface area contributed by atoms with Gasteiger partial charge in [0.25, 0.3) is 0 Å². The molecule has 0 aromatic rings. The van der Waals surface area contributed by atoms with Crippen LogP contribution in [0.3, 0.4) is 0 Å². The molecular formula is C12H21N. The Morgan fingerprint density at radius 1 is 1.54 bits per heavy atom. The van der Waals surface area contributed by atoms with E-state index in [1.54, 1.807) is 0 Å². The van der Waals surface area contributed by atoms with Gasteiger partial charge in [-0.05, 0) is 32.2 Å². The molecule has 1 rings (SSSR count). The van der Waals surface area contributed by atoms with E-state index < -0.39 is 0 Å². The van der Waals surface area contributed by atoms with Crippen LogP contribution in [0, 0.1) is 17.8 Å². The van der Waals surface area contributed by atoms with E-state index >= 15 is 0 Å². The minimum absolute atomic E-state index is 0.461. The molecule has 1 saturated heterocycles. The molecule has 1 heteroatoms. The van der Waals surface area contributed by atoms with Gasteiger partial charge in [0.15, 0.2) is 0 Å². The van der Waals surface area contributed by atoms with Gasteiger partial charge in [-0.2, -0.15) is 0 Å². The quantitative estimate of drug-likeness (QED) is 0.559. The highest BCUT2D eigenvalue weighted by Gasteiger charge is 2.19. The third-order valence-electron chi connectivity index (χ3n) is 2.72. The number of hydrogen-bond donors (Lipinski definition) is 0. The smallest absolute Gasteiger partial charge is 0.0686 e. The van der Waals surface area contributed by atoms with Crippen molar-refractivity contribution >= 4 is 0 Å². The molecule has 0 radical (unpaired) electrons. The predicted octanol–water partition coefficient (Wildman–Crippen LogP) is 2.52. The van der Waals surface area contributed by atoms with Gasteiger partial charge in [0, 0.05) is 13.0 Å². The second-order valence-electron chi connectivity index (χ2n) is 4.09. The average molecular weight is 179 g/mol. The van der Waals surface area contributed by atoms with E-state index in [0.717, 1.165) is 12.3 Å². The van der Waals surface area contributed by atoms with Crippen molar-refractivity contribution < 1.29 is 0 Å². The first-order valence-corrected chi connectivity index (χ1v) is 5.46. The van der Waals surface area contributed by atoms with Gasteiger partial charge in [-0.3, -0.25) is 4.90 Å². The van der Waals surface area contributed by atoms with Crippen molar-refractivity contribution in [2.24, 2.45) is 5.92 Å². The first-order valence-electron chi connectivity index (χ1n) is 5.46. The largest absolute Gasteiger partial charge is 0.290 e. The maximum Gasteiger partial charge on any atom is 0.0686 e. The first-order chi connectivity index (χ1) is 6.24. The van der Waals surface area contributed by atoms with Crippen molar-refractivity contribution in [3.8, 4) is 11.8 Å². The lowest BCUT2D eigenvalue weighted by atomic mass is 9.99. The van der Waals surface area contributed by atoms with Crippen LogP contribution < -0.4 is 0 Å². The topological polar surface area (TPSA) is 3.24 Å². The molecule has 0 aromatic carbocycles. The third kappa shape index (κ3) is 3.40. The summed E-state index contributed by atoms with van der Waals surface area (Å²) >= 11 is 0. The van der Waals surface area contributed by atoms with Gasteiger partial charge in [0.1, 0.15) is 0 Å². The van der Waals surface area contributed by atoms with Gasteiger partial charge >= 0.3 is 0 Å². The Labute approximate surface area is 82.5 Å². The third-order valence-corrected chi connectivity index (χ3v) is 2.72. The minimum Gasteiger partial charge on any atom is -0.290 e. The molecule has 0 spiro atoms. The molecule has 2 atom stereocenters. The van der Waals surface area contributed by atoms with E-state index in [9.17, 15) is 0 Å². The first kappa shape index (κ1) is 10.6. The zero-order chi connectivity index (χ0) is 9.68. The molecule has 1 unspecified atom stereocenters. The number of likely N-dealkylation sites (tertiary alicyclic amines) is 1. The van der Waals surface area contributed by atoms with Crippen LogP contribution >= 0.6 is 0 Å². The maximum absolute atomic E-state index is 3.30. The molecule has 0 aliphatic carbocycles. The van der Waals surface area contributed by atoms with E-state index in [4.69, 9.17) is 0 Å². The molecule has 1 fully saturated rings. The molecule has 1 aliphatic rings. The molecule has 0 N–H and O–H groups in total. The molecule has 1 nitrogen and oxygen atoms in total. The Morgan fingerprint density at radius 3 is 2.92 bits per heavy atom. The lowest BCUT2D eigenvalue weighted by molar-refractivity contribution is 0.165. The van der Waals surface area contributed by atoms with Crippen molar-refractivity contribution in [3.05, 3.63) is 0 Å². The second-order valence-corrected chi connectivity index (χ2v) is 4.09. The second kappa shape index (κ2) is 5.29. The molecule has 0 aromatic heterocycles. The van der Waals surface area contributed by atoms with Gasteiger partial charge in [-0.15, -0.1) is 5.92 Å². The Balaban J connectivity index is 2.41. The van der Waals surface area contributed by atoms with E-state index in [2.05, 4.69) is 37.5 Å². The fourth-order valence-corrected chi connectivity index (χ4v) is 1.92. The Kier molecular flexibility index (Phi) is 4.32. The standard InChI is InChI=1S/C12H21N/c1-4-5-8-12(3)13-9-6-7-11(2)10-13/h11-12H,4,6-7,9-10H2,1-3H3/t11-,12?/m0/s1. The van der Waals surface area contributed by atoms with Crippen molar-refractivity contribution in [2.45, 2.75) is 46.1 Å². The number of hydrogen-bond acceptors (Lipinski definition) is 1. The Bertz CT molecular complexity index is 199. The summed E-state index contributed by atoms with van der Waals surface area (Å²) in [6, 6.07) is 0.461. The molecule has 0 bridgehead atoms. The van der Waals surface area contributed by atoms with E-state index in [-0.39, 0.29) is 0 Å². The van der Waals surface area contributed by atoms with Gasteiger partial charge in [0.2, 0.25) is 0 Å². The van der Waals surface area contributed by atoms with Crippen LogP contribution in [0.25, 0.3) is 0 Å².